The van der Waals surface area contributed by atoms with E-state index in [4.69, 9.17) is 5.11 Å². The van der Waals surface area contributed by atoms with Crippen molar-refractivity contribution in [3.63, 3.8) is 0 Å². The number of hydrogen-bond donors (Lipinski definition) is 1. The maximum Gasteiger partial charge on any atom is 0.231 e. The van der Waals surface area contributed by atoms with Gasteiger partial charge in [-0.3, -0.25) is 14.5 Å². The third-order valence-corrected chi connectivity index (χ3v) is 1.95. The van der Waals surface area contributed by atoms with Crippen molar-refractivity contribution in [3.8, 4) is 0 Å². The Hall–Kier alpha value is -0.900. The fourth-order valence-electron chi connectivity index (χ4n) is 1.30. The summed E-state index contributed by atoms with van der Waals surface area (Å²) >= 11 is 0. The Labute approximate surface area is 71.2 Å². The predicted octanol–water partition coefficient (Wildman–Crippen LogP) is -0.0921. The van der Waals surface area contributed by atoms with E-state index in [1.54, 1.807) is 0 Å². The lowest BCUT2D eigenvalue weighted by atomic mass is 10.1. The zero-order valence-electron chi connectivity index (χ0n) is 6.95. The van der Waals surface area contributed by atoms with Gasteiger partial charge in [-0.25, -0.2) is 0 Å². The molecule has 0 spiro atoms. The first-order valence-electron chi connectivity index (χ1n) is 4.20. The third kappa shape index (κ3) is 2.04. The third-order valence-electron chi connectivity index (χ3n) is 1.95. The largest absolute Gasteiger partial charge is 0.396 e. The topological polar surface area (TPSA) is 57.6 Å². The molecule has 0 atom stereocenters. The molecule has 0 saturated carbocycles. The van der Waals surface area contributed by atoms with Gasteiger partial charge in [0.2, 0.25) is 11.8 Å². The van der Waals surface area contributed by atoms with Crippen molar-refractivity contribution in [1.82, 2.24) is 4.90 Å². The summed E-state index contributed by atoms with van der Waals surface area (Å²) in [7, 11) is 0. The van der Waals surface area contributed by atoms with Crippen molar-refractivity contribution in [2.75, 3.05) is 13.2 Å². The molecule has 1 N–H and O–H groups in total. The highest BCUT2D eigenvalue weighted by Crippen LogP contribution is 2.11. The predicted molar refractivity (Wildman–Crippen MR) is 42.3 cm³/mol. The molecule has 0 aromatic rings. The normalized spacial score (nSPS) is 18.1. The van der Waals surface area contributed by atoms with E-state index in [0.29, 0.717) is 13.0 Å². The first-order valence-corrected chi connectivity index (χ1v) is 4.20. The molecule has 0 aromatic heterocycles. The minimum atomic E-state index is -0.248. The molecule has 1 aliphatic rings. The molecule has 1 saturated heterocycles. The SMILES string of the molecule is O=C(CCO)N1CCCCC1=O. The first kappa shape index (κ1) is 9.19. The average molecular weight is 171 g/mol. The number of imide groups is 1. The second kappa shape index (κ2) is 4.21. The van der Waals surface area contributed by atoms with Gasteiger partial charge in [-0.2, -0.15) is 0 Å². The van der Waals surface area contributed by atoms with Crippen LogP contribution in [0, 0.1) is 0 Å². The van der Waals surface area contributed by atoms with Gasteiger partial charge in [-0.05, 0) is 12.8 Å². The molecular formula is C8H13NO3. The number of carbonyl (C=O) groups is 2. The van der Waals surface area contributed by atoms with Crippen LogP contribution in [0.1, 0.15) is 25.7 Å². The van der Waals surface area contributed by atoms with Gasteiger partial charge in [0.1, 0.15) is 0 Å². The fourth-order valence-corrected chi connectivity index (χ4v) is 1.30. The van der Waals surface area contributed by atoms with Crippen molar-refractivity contribution < 1.29 is 14.7 Å². The summed E-state index contributed by atoms with van der Waals surface area (Å²) < 4.78 is 0. The summed E-state index contributed by atoms with van der Waals surface area (Å²) in [6.45, 7) is 0.347. The van der Waals surface area contributed by atoms with E-state index in [9.17, 15) is 9.59 Å². The molecule has 0 unspecified atom stereocenters. The van der Waals surface area contributed by atoms with Crippen LogP contribution in [0.2, 0.25) is 0 Å². The van der Waals surface area contributed by atoms with E-state index in [1.165, 1.54) is 4.90 Å². The van der Waals surface area contributed by atoms with E-state index in [-0.39, 0.29) is 24.8 Å². The molecule has 4 nitrogen and oxygen atoms in total. The Bertz CT molecular complexity index is 191. The van der Waals surface area contributed by atoms with Crippen LogP contribution in [0.5, 0.6) is 0 Å². The minimum absolute atomic E-state index is 0.0612. The van der Waals surface area contributed by atoms with Crippen LogP contribution in [0.4, 0.5) is 0 Å². The van der Waals surface area contributed by atoms with E-state index >= 15 is 0 Å². The molecule has 1 heterocycles. The van der Waals surface area contributed by atoms with Crippen LogP contribution in [-0.2, 0) is 9.59 Å². The second-order valence-electron chi connectivity index (χ2n) is 2.87. The van der Waals surface area contributed by atoms with Crippen molar-refractivity contribution >= 4 is 11.8 Å². The van der Waals surface area contributed by atoms with E-state index < -0.39 is 0 Å². The number of hydrogen-bond acceptors (Lipinski definition) is 3. The Balaban J connectivity index is 2.48. The molecule has 1 aliphatic heterocycles. The molecule has 2 amide bonds. The van der Waals surface area contributed by atoms with Crippen LogP contribution in [0.3, 0.4) is 0 Å². The van der Waals surface area contributed by atoms with E-state index in [2.05, 4.69) is 0 Å². The summed E-state index contributed by atoms with van der Waals surface area (Å²) in [5.41, 5.74) is 0. The highest BCUT2D eigenvalue weighted by atomic mass is 16.3. The van der Waals surface area contributed by atoms with Crippen LogP contribution in [0.15, 0.2) is 0 Å². The van der Waals surface area contributed by atoms with Gasteiger partial charge in [-0.1, -0.05) is 0 Å². The maximum absolute atomic E-state index is 11.2. The number of likely N-dealkylation sites (tertiary alicyclic amines) is 1. The highest BCUT2D eigenvalue weighted by Gasteiger charge is 2.23. The number of aliphatic hydroxyl groups excluding tert-OH is 1. The molecular weight excluding hydrogens is 158 g/mol. The van der Waals surface area contributed by atoms with Gasteiger partial charge in [0.25, 0.3) is 0 Å². The lowest BCUT2D eigenvalue weighted by Crippen LogP contribution is -2.40. The van der Waals surface area contributed by atoms with Gasteiger partial charge in [-0.15, -0.1) is 0 Å². The molecule has 1 fully saturated rings. The lowest BCUT2D eigenvalue weighted by Gasteiger charge is -2.24. The number of amides is 2. The number of carbonyl (C=O) groups excluding carboxylic acids is 2. The quantitative estimate of drug-likeness (QED) is 0.631. The lowest BCUT2D eigenvalue weighted by molar-refractivity contribution is -0.146. The summed E-state index contributed by atoms with van der Waals surface area (Å²) in [6, 6.07) is 0. The van der Waals surface area contributed by atoms with Crippen LogP contribution in [-0.4, -0.2) is 35.0 Å². The van der Waals surface area contributed by atoms with Crippen molar-refractivity contribution in [2.45, 2.75) is 25.7 Å². The molecule has 12 heavy (non-hydrogen) atoms. The molecule has 0 aliphatic carbocycles. The summed E-state index contributed by atoms with van der Waals surface area (Å²) in [4.78, 5) is 23.5. The molecule has 0 aromatic carbocycles. The second-order valence-corrected chi connectivity index (χ2v) is 2.87. The van der Waals surface area contributed by atoms with Crippen molar-refractivity contribution in [2.24, 2.45) is 0 Å². The number of piperidine rings is 1. The fraction of sp³-hybridized carbons (Fsp3) is 0.750. The van der Waals surface area contributed by atoms with E-state index in [0.717, 1.165) is 12.8 Å². The monoisotopic (exact) mass is 171 g/mol. The van der Waals surface area contributed by atoms with Gasteiger partial charge >= 0.3 is 0 Å². The molecule has 4 heteroatoms. The molecule has 68 valence electrons. The van der Waals surface area contributed by atoms with E-state index in [1.807, 2.05) is 0 Å². The molecule has 1 rings (SSSR count). The Morgan fingerprint density at radius 1 is 1.50 bits per heavy atom. The smallest absolute Gasteiger partial charge is 0.231 e. The Morgan fingerprint density at radius 3 is 2.83 bits per heavy atom. The zero-order valence-corrected chi connectivity index (χ0v) is 6.95. The van der Waals surface area contributed by atoms with Crippen LogP contribution in [0.25, 0.3) is 0 Å². The summed E-state index contributed by atoms with van der Waals surface area (Å²) in [5, 5.41) is 8.49. The Kier molecular flexibility index (Phi) is 3.22. The van der Waals surface area contributed by atoms with Crippen molar-refractivity contribution in [3.05, 3.63) is 0 Å². The van der Waals surface area contributed by atoms with Crippen LogP contribution >= 0.6 is 0 Å². The van der Waals surface area contributed by atoms with Crippen molar-refractivity contribution in [1.29, 1.82) is 0 Å². The highest BCUT2D eigenvalue weighted by molar-refractivity contribution is 5.95. The number of rotatable bonds is 2. The van der Waals surface area contributed by atoms with Gasteiger partial charge in [0, 0.05) is 13.0 Å². The summed E-state index contributed by atoms with van der Waals surface area (Å²) in [5.74, 6) is -0.345. The van der Waals surface area contributed by atoms with Crippen LogP contribution < -0.4 is 0 Å². The maximum atomic E-state index is 11.2. The number of nitrogens with zero attached hydrogens (tertiary/aromatic N) is 1. The summed E-state index contributed by atoms with van der Waals surface area (Å²) in [6.07, 6.45) is 2.30. The van der Waals surface area contributed by atoms with Gasteiger partial charge in [0.15, 0.2) is 0 Å². The Morgan fingerprint density at radius 2 is 2.25 bits per heavy atom. The molecule has 0 bridgehead atoms. The van der Waals surface area contributed by atoms with Gasteiger partial charge < -0.3 is 5.11 Å². The standard InChI is InChI=1S/C8H13NO3/c10-6-4-8(12)9-5-2-1-3-7(9)11/h10H,1-6H2. The number of aliphatic hydroxyl groups is 1. The van der Waals surface area contributed by atoms with Gasteiger partial charge in [0.05, 0.1) is 13.0 Å². The first-order chi connectivity index (χ1) is 5.75. The zero-order chi connectivity index (χ0) is 8.97. The minimum Gasteiger partial charge on any atom is -0.396 e. The average Bonchev–Trinajstić information content (AvgIpc) is 2.05. The molecule has 0 radical (unpaired) electrons.